The van der Waals surface area contributed by atoms with E-state index in [1.54, 1.807) is 0 Å². The van der Waals surface area contributed by atoms with Gasteiger partial charge in [0, 0.05) is 6.54 Å². The van der Waals surface area contributed by atoms with Gasteiger partial charge in [-0.25, -0.2) is 0 Å². The molecule has 0 heterocycles. The maximum Gasteiger partial charge on any atom is 0.237 e. The van der Waals surface area contributed by atoms with E-state index in [1.807, 2.05) is 13.8 Å². The monoisotopic (exact) mass is 222 g/mol. The van der Waals surface area contributed by atoms with E-state index in [0.29, 0.717) is 5.41 Å². The molecule has 90 valence electrons. The molecule has 0 aromatic heterocycles. The first-order valence-electron chi connectivity index (χ1n) is 6.22. The third-order valence-corrected chi connectivity index (χ3v) is 3.89. The molecule has 1 fully saturated rings. The van der Waals surface area contributed by atoms with Crippen LogP contribution in [0.25, 0.3) is 0 Å². The number of rotatable bonds is 5. The minimum Gasteiger partial charge on any atom is -0.354 e. The lowest BCUT2D eigenvalue weighted by atomic mass is 9.67. The highest BCUT2D eigenvalue weighted by atomic mass is 16.1. The summed E-state index contributed by atoms with van der Waals surface area (Å²) in [5.41, 5.74) is 0.326. The Labute approximate surface area is 98.2 Å². The van der Waals surface area contributed by atoms with Gasteiger partial charge in [0.05, 0.1) is 6.07 Å². The highest BCUT2D eigenvalue weighted by Gasteiger charge is 2.35. The zero-order valence-electron chi connectivity index (χ0n) is 10.5. The van der Waals surface area contributed by atoms with Crippen molar-refractivity contribution in [3.63, 3.8) is 0 Å². The van der Waals surface area contributed by atoms with Gasteiger partial charge < -0.3 is 5.32 Å². The molecule has 3 heteroatoms. The molecule has 0 radical (unpaired) electrons. The highest BCUT2D eigenvalue weighted by Crippen LogP contribution is 2.43. The van der Waals surface area contributed by atoms with Crippen LogP contribution in [0.5, 0.6) is 0 Å². The number of nitrogens with zero attached hydrogens (tertiary/aromatic N) is 1. The maximum atomic E-state index is 11.8. The predicted octanol–water partition coefficient (Wildman–Crippen LogP) is 2.48. The van der Waals surface area contributed by atoms with E-state index in [9.17, 15) is 4.79 Å². The lowest BCUT2D eigenvalue weighted by molar-refractivity contribution is -0.125. The van der Waals surface area contributed by atoms with Crippen molar-refractivity contribution >= 4 is 5.91 Å². The Morgan fingerprint density at radius 1 is 1.50 bits per heavy atom. The first kappa shape index (κ1) is 13.0. The first-order valence-corrected chi connectivity index (χ1v) is 6.22. The molecule has 1 N–H and O–H groups in total. The smallest absolute Gasteiger partial charge is 0.237 e. The summed E-state index contributed by atoms with van der Waals surface area (Å²) in [7, 11) is 0. The van der Waals surface area contributed by atoms with Crippen LogP contribution in [0.2, 0.25) is 0 Å². The van der Waals surface area contributed by atoms with Gasteiger partial charge >= 0.3 is 0 Å². The fraction of sp³-hybridized carbons (Fsp3) is 0.846. The van der Waals surface area contributed by atoms with Crippen molar-refractivity contribution in [2.75, 3.05) is 6.54 Å². The Hall–Kier alpha value is -1.04. The van der Waals surface area contributed by atoms with Crippen molar-refractivity contribution in [3.05, 3.63) is 0 Å². The summed E-state index contributed by atoms with van der Waals surface area (Å²) in [5.74, 6) is -0.518. The summed E-state index contributed by atoms with van der Waals surface area (Å²) >= 11 is 0. The summed E-state index contributed by atoms with van der Waals surface area (Å²) in [6.45, 7) is 6.74. The molecule has 3 nitrogen and oxygen atoms in total. The van der Waals surface area contributed by atoms with Gasteiger partial charge in [-0.05, 0) is 30.6 Å². The number of carbonyl (C=O) groups excluding carboxylic acids is 1. The van der Waals surface area contributed by atoms with Crippen molar-refractivity contribution in [2.45, 2.75) is 46.5 Å². The van der Waals surface area contributed by atoms with E-state index in [2.05, 4.69) is 18.3 Å². The quantitative estimate of drug-likeness (QED) is 0.777. The second kappa shape index (κ2) is 5.34. The summed E-state index contributed by atoms with van der Waals surface area (Å²) in [4.78, 5) is 11.8. The Morgan fingerprint density at radius 2 is 2.12 bits per heavy atom. The van der Waals surface area contributed by atoms with E-state index in [4.69, 9.17) is 5.26 Å². The van der Waals surface area contributed by atoms with Crippen molar-refractivity contribution in [2.24, 2.45) is 17.3 Å². The molecule has 1 aliphatic rings. The molecule has 1 amide bonds. The molecule has 1 rings (SSSR count). The van der Waals surface area contributed by atoms with Crippen LogP contribution in [0.15, 0.2) is 0 Å². The summed E-state index contributed by atoms with van der Waals surface area (Å²) in [5, 5.41) is 11.9. The molecule has 0 spiro atoms. The molecule has 0 saturated heterocycles. The summed E-state index contributed by atoms with van der Waals surface area (Å²) < 4.78 is 0. The number of hydrogen-bond donors (Lipinski definition) is 1. The molecule has 16 heavy (non-hydrogen) atoms. The van der Waals surface area contributed by atoms with Gasteiger partial charge in [0.15, 0.2) is 0 Å². The maximum absolute atomic E-state index is 11.8. The normalized spacial score (nSPS) is 19.7. The van der Waals surface area contributed by atoms with E-state index in [-0.39, 0.29) is 11.8 Å². The Kier molecular flexibility index (Phi) is 4.35. The minimum absolute atomic E-state index is 0.0870. The van der Waals surface area contributed by atoms with Crippen LogP contribution in [-0.2, 0) is 4.79 Å². The third-order valence-electron chi connectivity index (χ3n) is 3.89. The Morgan fingerprint density at radius 3 is 2.44 bits per heavy atom. The fourth-order valence-electron chi connectivity index (χ4n) is 2.23. The van der Waals surface area contributed by atoms with Gasteiger partial charge in [-0.15, -0.1) is 0 Å². The number of carbonyl (C=O) groups is 1. The second-order valence-corrected chi connectivity index (χ2v) is 5.28. The second-order valence-electron chi connectivity index (χ2n) is 5.28. The molecule has 1 saturated carbocycles. The fourth-order valence-corrected chi connectivity index (χ4v) is 2.23. The van der Waals surface area contributed by atoms with E-state index >= 15 is 0 Å². The van der Waals surface area contributed by atoms with Gasteiger partial charge in [0.25, 0.3) is 0 Å². The van der Waals surface area contributed by atoms with Gasteiger partial charge in [-0.1, -0.05) is 27.2 Å². The molecule has 0 aromatic rings. The molecule has 1 aliphatic carbocycles. The van der Waals surface area contributed by atoms with Crippen LogP contribution in [-0.4, -0.2) is 12.5 Å². The topological polar surface area (TPSA) is 52.9 Å². The Bertz CT molecular complexity index is 281. The van der Waals surface area contributed by atoms with E-state index < -0.39 is 5.92 Å². The average molecular weight is 222 g/mol. The molecule has 1 atom stereocenters. The van der Waals surface area contributed by atoms with E-state index in [0.717, 1.165) is 13.0 Å². The van der Waals surface area contributed by atoms with Crippen LogP contribution in [0.4, 0.5) is 0 Å². The number of amides is 1. The number of nitrogens with one attached hydrogen (secondary N) is 1. The lowest BCUT2D eigenvalue weighted by Crippen LogP contribution is -2.44. The molecule has 0 aromatic carbocycles. The molecular weight excluding hydrogens is 200 g/mol. The van der Waals surface area contributed by atoms with Crippen molar-refractivity contribution < 1.29 is 4.79 Å². The van der Waals surface area contributed by atoms with Gasteiger partial charge in [0.2, 0.25) is 5.91 Å². The van der Waals surface area contributed by atoms with Gasteiger partial charge in [-0.2, -0.15) is 5.26 Å². The largest absolute Gasteiger partial charge is 0.354 e. The molecule has 1 unspecified atom stereocenters. The van der Waals surface area contributed by atoms with Crippen LogP contribution in [0.1, 0.15) is 46.5 Å². The zero-order chi connectivity index (χ0) is 12.2. The number of hydrogen-bond acceptors (Lipinski definition) is 2. The SMILES string of the molecule is CCC1(CNC(=O)C(C#N)C(C)C)CCC1. The molecule has 0 aliphatic heterocycles. The Balaban J connectivity index is 2.43. The third kappa shape index (κ3) is 2.75. The summed E-state index contributed by atoms with van der Waals surface area (Å²) in [6.07, 6.45) is 4.81. The van der Waals surface area contributed by atoms with Crippen LogP contribution >= 0.6 is 0 Å². The average Bonchev–Trinajstić information content (AvgIpc) is 2.17. The van der Waals surface area contributed by atoms with E-state index in [1.165, 1.54) is 19.3 Å². The minimum atomic E-state index is -0.506. The van der Waals surface area contributed by atoms with Gasteiger partial charge in [0.1, 0.15) is 5.92 Å². The van der Waals surface area contributed by atoms with Gasteiger partial charge in [-0.3, -0.25) is 4.79 Å². The zero-order valence-corrected chi connectivity index (χ0v) is 10.5. The van der Waals surface area contributed by atoms with Crippen molar-refractivity contribution in [3.8, 4) is 6.07 Å². The lowest BCUT2D eigenvalue weighted by Gasteiger charge is -2.41. The highest BCUT2D eigenvalue weighted by molar-refractivity contribution is 5.81. The van der Waals surface area contributed by atoms with Crippen LogP contribution in [0.3, 0.4) is 0 Å². The first-order chi connectivity index (χ1) is 7.54. The van der Waals surface area contributed by atoms with Crippen molar-refractivity contribution in [1.82, 2.24) is 5.32 Å². The molecular formula is C13H22N2O. The predicted molar refractivity (Wildman–Crippen MR) is 63.5 cm³/mol. The summed E-state index contributed by atoms with van der Waals surface area (Å²) in [6, 6.07) is 2.08. The van der Waals surface area contributed by atoms with Crippen molar-refractivity contribution in [1.29, 1.82) is 5.26 Å². The van der Waals surface area contributed by atoms with Crippen LogP contribution < -0.4 is 5.32 Å². The number of nitriles is 1. The standard InChI is InChI=1S/C13H22N2O/c1-4-13(6-5-7-13)9-15-12(16)11(8-14)10(2)3/h10-11H,4-7,9H2,1-3H3,(H,15,16). The van der Waals surface area contributed by atoms with Crippen LogP contribution in [0, 0.1) is 28.6 Å². The molecule has 0 bridgehead atoms.